The summed E-state index contributed by atoms with van der Waals surface area (Å²) in [5.74, 6) is 2.61. The van der Waals surface area contributed by atoms with E-state index in [0.29, 0.717) is 23.0 Å². The molecule has 0 bridgehead atoms. The first-order valence-corrected chi connectivity index (χ1v) is 7.24. The first-order valence-electron chi connectivity index (χ1n) is 7.24. The maximum Gasteiger partial charge on any atom is 0.267 e. The molecule has 0 aliphatic carbocycles. The lowest BCUT2D eigenvalue weighted by Gasteiger charge is -2.05. The molecule has 0 saturated heterocycles. The highest BCUT2D eigenvalue weighted by Gasteiger charge is 2.11. The minimum absolute atomic E-state index is 0.442. The minimum Gasteiger partial charge on any atom is -0.457 e. The molecule has 23 heavy (non-hydrogen) atoms. The summed E-state index contributed by atoms with van der Waals surface area (Å²) in [6, 6.07) is 24.6. The Labute approximate surface area is 132 Å². The molecule has 0 saturated carbocycles. The van der Waals surface area contributed by atoms with E-state index in [0.717, 1.165) is 11.1 Å². The van der Waals surface area contributed by atoms with Gasteiger partial charge in [-0.25, -0.2) is 0 Å². The van der Waals surface area contributed by atoms with Gasteiger partial charge in [-0.05, 0) is 41.6 Å². The summed E-state index contributed by atoms with van der Waals surface area (Å²) in [6.45, 7) is 0. The predicted molar refractivity (Wildman–Crippen MR) is 87.0 cm³/mol. The van der Waals surface area contributed by atoms with Gasteiger partial charge in [0.2, 0.25) is 0 Å². The second kappa shape index (κ2) is 5.85. The van der Waals surface area contributed by atoms with Gasteiger partial charge in [0.15, 0.2) is 5.58 Å². The highest BCUT2D eigenvalue weighted by atomic mass is 16.5. The first kappa shape index (κ1) is 13.4. The van der Waals surface area contributed by atoms with Gasteiger partial charge < -0.3 is 14.0 Å². The molecule has 0 fully saturated rings. The summed E-state index contributed by atoms with van der Waals surface area (Å²) in [7, 11) is 0. The number of hydrogen-bond donors (Lipinski definition) is 0. The van der Waals surface area contributed by atoms with Gasteiger partial charge in [0.1, 0.15) is 17.2 Å². The molecule has 0 spiro atoms. The molecule has 3 aromatic carbocycles. The van der Waals surface area contributed by atoms with Crippen LogP contribution >= 0.6 is 0 Å². The summed E-state index contributed by atoms with van der Waals surface area (Å²) < 4.78 is 16.9. The molecule has 0 atom stereocenters. The van der Waals surface area contributed by atoms with Crippen LogP contribution in [0.15, 0.2) is 83.4 Å². The van der Waals surface area contributed by atoms with Crippen molar-refractivity contribution >= 4 is 11.0 Å². The van der Waals surface area contributed by atoms with Crippen molar-refractivity contribution in [3.05, 3.63) is 78.9 Å². The third-order valence-corrected chi connectivity index (χ3v) is 3.35. The van der Waals surface area contributed by atoms with Crippen LogP contribution in [-0.2, 0) is 0 Å². The van der Waals surface area contributed by atoms with Crippen molar-refractivity contribution in [2.45, 2.75) is 0 Å². The van der Waals surface area contributed by atoms with Crippen molar-refractivity contribution in [1.29, 1.82) is 0 Å². The molecule has 0 radical (unpaired) electrons. The third-order valence-electron chi connectivity index (χ3n) is 3.35. The Hall–Kier alpha value is -3.27. The van der Waals surface area contributed by atoms with Crippen molar-refractivity contribution in [2.75, 3.05) is 0 Å². The summed E-state index contributed by atoms with van der Waals surface area (Å²) in [4.78, 5) is 0. The molecule has 0 aliphatic heterocycles. The molecule has 4 aromatic rings. The second-order valence-electron chi connectivity index (χ2n) is 4.98. The fraction of sp³-hybridized carbons (Fsp3) is 0. The van der Waals surface area contributed by atoms with E-state index in [1.807, 2.05) is 72.8 Å². The number of para-hydroxylation sites is 2. The maximum absolute atomic E-state index is 5.79. The van der Waals surface area contributed by atoms with Crippen molar-refractivity contribution in [2.24, 2.45) is 0 Å². The van der Waals surface area contributed by atoms with Crippen LogP contribution < -0.4 is 9.47 Å². The van der Waals surface area contributed by atoms with Crippen LogP contribution in [0, 0.1) is 0 Å². The molecule has 4 heteroatoms. The van der Waals surface area contributed by atoms with Gasteiger partial charge in [-0.1, -0.05) is 36.4 Å². The van der Waals surface area contributed by atoms with Gasteiger partial charge in [-0.15, -0.1) is 0 Å². The number of nitrogens with zero attached hydrogens (tertiary/aromatic N) is 1. The Morgan fingerprint density at radius 2 is 1.30 bits per heavy atom. The quantitative estimate of drug-likeness (QED) is 0.505. The van der Waals surface area contributed by atoms with E-state index in [4.69, 9.17) is 14.0 Å². The molecule has 1 heterocycles. The van der Waals surface area contributed by atoms with Gasteiger partial charge >= 0.3 is 0 Å². The average molecular weight is 303 g/mol. The van der Waals surface area contributed by atoms with E-state index in [1.54, 1.807) is 6.07 Å². The summed E-state index contributed by atoms with van der Waals surface area (Å²) in [6.07, 6.45) is 0. The molecule has 0 unspecified atom stereocenters. The zero-order chi connectivity index (χ0) is 15.5. The van der Waals surface area contributed by atoms with Crippen LogP contribution in [0.1, 0.15) is 0 Å². The Morgan fingerprint density at radius 1 is 0.652 bits per heavy atom. The lowest BCUT2D eigenvalue weighted by Crippen LogP contribution is -1.85. The van der Waals surface area contributed by atoms with Crippen LogP contribution in [0.5, 0.6) is 23.1 Å². The van der Waals surface area contributed by atoms with E-state index < -0.39 is 0 Å². The van der Waals surface area contributed by atoms with Gasteiger partial charge in [-0.2, -0.15) is 0 Å². The highest BCUT2D eigenvalue weighted by Crippen LogP contribution is 2.32. The number of ether oxygens (including phenoxy) is 2. The molecule has 0 amide bonds. The number of benzene rings is 3. The van der Waals surface area contributed by atoms with E-state index in [-0.39, 0.29) is 0 Å². The van der Waals surface area contributed by atoms with Gasteiger partial charge in [0.25, 0.3) is 5.88 Å². The predicted octanol–water partition coefficient (Wildman–Crippen LogP) is 5.41. The zero-order valence-corrected chi connectivity index (χ0v) is 12.2. The summed E-state index contributed by atoms with van der Waals surface area (Å²) >= 11 is 0. The third kappa shape index (κ3) is 2.87. The standard InChI is InChI=1S/C19H13NO3/c1-3-7-14(8-4-1)21-16-11-12-17-18(13-16)23-20-19(17)22-15-9-5-2-6-10-15/h1-13H. The Kier molecular flexibility index (Phi) is 3.41. The normalized spacial score (nSPS) is 10.6. The van der Waals surface area contributed by atoms with Gasteiger partial charge in [0.05, 0.1) is 5.39 Å². The number of fused-ring (bicyclic) bond motifs is 1. The van der Waals surface area contributed by atoms with Crippen LogP contribution in [-0.4, -0.2) is 5.16 Å². The van der Waals surface area contributed by atoms with E-state index in [2.05, 4.69) is 5.16 Å². The molecule has 1 aromatic heterocycles. The smallest absolute Gasteiger partial charge is 0.267 e. The fourth-order valence-corrected chi connectivity index (χ4v) is 2.26. The lowest BCUT2D eigenvalue weighted by molar-refractivity contribution is 0.384. The Balaban J connectivity index is 1.61. The molecule has 4 nitrogen and oxygen atoms in total. The number of hydrogen-bond acceptors (Lipinski definition) is 4. The van der Waals surface area contributed by atoms with Crippen molar-refractivity contribution in [3.63, 3.8) is 0 Å². The molecule has 4 rings (SSSR count). The van der Waals surface area contributed by atoms with Crippen molar-refractivity contribution < 1.29 is 14.0 Å². The van der Waals surface area contributed by atoms with Crippen LogP contribution in [0.2, 0.25) is 0 Å². The monoisotopic (exact) mass is 303 g/mol. The lowest BCUT2D eigenvalue weighted by atomic mass is 10.2. The first-order chi connectivity index (χ1) is 11.4. The van der Waals surface area contributed by atoms with E-state index in [9.17, 15) is 0 Å². The average Bonchev–Trinajstić information content (AvgIpc) is 2.99. The molecule has 0 N–H and O–H groups in total. The number of rotatable bonds is 4. The number of aromatic nitrogens is 1. The Bertz CT molecular complexity index is 917. The second-order valence-corrected chi connectivity index (χ2v) is 4.98. The van der Waals surface area contributed by atoms with Crippen LogP contribution in [0.25, 0.3) is 11.0 Å². The summed E-state index contributed by atoms with van der Waals surface area (Å²) in [5.41, 5.74) is 0.615. The maximum atomic E-state index is 5.79. The van der Waals surface area contributed by atoms with Gasteiger partial charge in [-0.3, -0.25) is 0 Å². The fourth-order valence-electron chi connectivity index (χ4n) is 2.26. The largest absolute Gasteiger partial charge is 0.457 e. The van der Waals surface area contributed by atoms with E-state index in [1.165, 1.54) is 0 Å². The van der Waals surface area contributed by atoms with E-state index >= 15 is 0 Å². The topological polar surface area (TPSA) is 44.5 Å². The SMILES string of the molecule is c1ccc(Oc2ccc3c(Oc4ccccc4)noc3c2)cc1. The summed E-state index contributed by atoms with van der Waals surface area (Å²) in [5, 5.41) is 4.79. The van der Waals surface area contributed by atoms with Gasteiger partial charge in [0, 0.05) is 6.07 Å². The zero-order valence-electron chi connectivity index (χ0n) is 12.2. The van der Waals surface area contributed by atoms with Crippen LogP contribution in [0.4, 0.5) is 0 Å². The highest BCUT2D eigenvalue weighted by molar-refractivity contribution is 5.83. The molecular weight excluding hydrogens is 290 g/mol. The minimum atomic E-state index is 0.442. The molecular formula is C19H13NO3. The van der Waals surface area contributed by atoms with Crippen molar-refractivity contribution in [1.82, 2.24) is 5.16 Å². The van der Waals surface area contributed by atoms with Crippen molar-refractivity contribution in [3.8, 4) is 23.1 Å². The molecule has 0 aliphatic rings. The Morgan fingerprint density at radius 3 is 2.00 bits per heavy atom. The van der Waals surface area contributed by atoms with Crippen LogP contribution in [0.3, 0.4) is 0 Å². The molecule has 112 valence electrons.